The first-order valence-electron chi connectivity index (χ1n) is 8.02. The van der Waals surface area contributed by atoms with E-state index in [4.69, 9.17) is 10.00 Å². The predicted octanol–water partition coefficient (Wildman–Crippen LogP) is 3.22. The molecule has 5 heteroatoms. The smallest absolute Gasteiger partial charge is 0.410 e. The van der Waals surface area contributed by atoms with Crippen LogP contribution in [0.1, 0.15) is 51.3 Å². The summed E-state index contributed by atoms with van der Waals surface area (Å²) < 4.78 is 5.41. The van der Waals surface area contributed by atoms with E-state index in [0.29, 0.717) is 18.7 Å². The van der Waals surface area contributed by atoms with Crippen LogP contribution < -0.4 is 5.32 Å². The highest BCUT2D eigenvalue weighted by Crippen LogP contribution is 2.19. The standard InChI is InChI=1S/C18H25N3O2/c1-13(15-7-5-14(11-19)6-8-15)20-16-9-10-21(12-16)17(22)23-18(2,3)4/h5-8,13,16,20H,9-10,12H2,1-4H3. The van der Waals surface area contributed by atoms with Crippen molar-refractivity contribution in [1.29, 1.82) is 5.26 Å². The maximum Gasteiger partial charge on any atom is 0.410 e. The van der Waals surface area contributed by atoms with Crippen molar-refractivity contribution < 1.29 is 9.53 Å². The van der Waals surface area contributed by atoms with Gasteiger partial charge in [0.25, 0.3) is 0 Å². The SMILES string of the molecule is CC(NC1CCN(C(=O)OC(C)(C)C)C1)c1ccc(C#N)cc1. The number of amides is 1. The van der Waals surface area contributed by atoms with Gasteiger partial charge < -0.3 is 15.0 Å². The number of nitrogens with one attached hydrogen (secondary N) is 1. The van der Waals surface area contributed by atoms with Gasteiger partial charge in [-0.05, 0) is 51.8 Å². The second kappa shape index (κ2) is 7.01. The molecule has 1 amide bonds. The van der Waals surface area contributed by atoms with Crippen LogP contribution in [0.15, 0.2) is 24.3 Å². The van der Waals surface area contributed by atoms with E-state index in [0.717, 1.165) is 12.0 Å². The molecular weight excluding hydrogens is 290 g/mol. The lowest BCUT2D eigenvalue weighted by Crippen LogP contribution is -2.39. The van der Waals surface area contributed by atoms with E-state index in [1.54, 1.807) is 4.90 Å². The average Bonchev–Trinajstić information content (AvgIpc) is 2.94. The first-order valence-corrected chi connectivity index (χ1v) is 8.02. The number of hydrogen-bond donors (Lipinski definition) is 1. The molecular formula is C18H25N3O2. The van der Waals surface area contributed by atoms with Crippen molar-refractivity contribution in [2.75, 3.05) is 13.1 Å². The number of rotatable bonds is 3. The monoisotopic (exact) mass is 315 g/mol. The van der Waals surface area contributed by atoms with E-state index in [1.165, 1.54) is 0 Å². The van der Waals surface area contributed by atoms with Gasteiger partial charge >= 0.3 is 6.09 Å². The Balaban J connectivity index is 1.87. The van der Waals surface area contributed by atoms with Crippen LogP contribution in [0.3, 0.4) is 0 Å². The Morgan fingerprint density at radius 3 is 2.61 bits per heavy atom. The summed E-state index contributed by atoms with van der Waals surface area (Å²) in [7, 11) is 0. The molecule has 1 heterocycles. The molecule has 1 fully saturated rings. The Morgan fingerprint density at radius 2 is 2.04 bits per heavy atom. The molecule has 0 aromatic heterocycles. The van der Waals surface area contributed by atoms with Crippen molar-refractivity contribution in [3.63, 3.8) is 0 Å². The van der Waals surface area contributed by atoms with E-state index in [2.05, 4.69) is 18.3 Å². The van der Waals surface area contributed by atoms with Crippen molar-refractivity contribution in [3.05, 3.63) is 35.4 Å². The summed E-state index contributed by atoms with van der Waals surface area (Å²) in [4.78, 5) is 13.8. The lowest BCUT2D eigenvalue weighted by molar-refractivity contribution is 0.0290. The first kappa shape index (κ1) is 17.3. The van der Waals surface area contributed by atoms with Gasteiger partial charge in [0.2, 0.25) is 0 Å². The van der Waals surface area contributed by atoms with Gasteiger partial charge in [0, 0.05) is 25.2 Å². The summed E-state index contributed by atoms with van der Waals surface area (Å²) in [5.74, 6) is 0. The zero-order valence-corrected chi connectivity index (χ0v) is 14.3. The minimum Gasteiger partial charge on any atom is -0.444 e. The zero-order valence-electron chi connectivity index (χ0n) is 14.3. The third-order valence-electron chi connectivity index (χ3n) is 3.87. The highest BCUT2D eigenvalue weighted by atomic mass is 16.6. The van der Waals surface area contributed by atoms with Crippen molar-refractivity contribution in [2.45, 2.75) is 51.8 Å². The number of carbonyl (C=O) groups excluding carboxylic acids is 1. The maximum atomic E-state index is 12.1. The summed E-state index contributed by atoms with van der Waals surface area (Å²) in [6, 6.07) is 10.1. The summed E-state index contributed by atoms with van der Waals surface area (Å²) in [5.41, 5.74) is 1.34. The molecule has 124 valence electrons. The topological polar surface area (TPSA) is 65.4 Å². The molecule has 1 aromatic carbocycles. The quantitative estimate of drug-likeness (QED) is 0.930. The third-order valence-corrected chi connectivity index (χ3v) is 3.87. The van der Waals surface area contributed by atoms with Crippen molar-refractivity contribution in [3.8, 4) is 6.07 Å². The highest BCUT2D eigenvalue weighted by molar-refractivity contribution is 5.68. The molecule has 23 heavy (non-hydrogen) atoms. The molecule has 0 spiro atoms. The molecule has 2 atom stereocenters. The van der Waals surface area contributed by atoms with Crippen LogP contribution in [0.25, 0.3) is 0 Å². The molecule has 2 rings (SSSR count). The second-order valence-electron chi connectivity index (χ2n) is 7.03. The minimum absolute atomic E-state index is 0.173. The third kappa shape index (κ3) is 4.97. The van der Waals surface area contributed by atoms with Crippen LogP contribution in [-0.4, -0.2) is 35.7 Å². The van der Waals surface area contributed by atoms with Crippen molar-refractivity contribution in [1.82, 2.24) is 10.2 Å². The van der Waals surface area contributed by atoms with Crippen molar-refractivity contribution >= 4 is 6.09 Å². The molecule has 1 aromatic rings. The summed E-state index contributed by atoms with van der Waals surface area (Å²) >= 11 is 0. The van der Waals surface area contributed by atoms with E-state index in [-0.39, 0.29) is 18.2 Å². The predicted molar refractivity (Wildman–Crippen MR) is 88.9 cm³/mol. The van der Waals surface area contributed by atoms with Gasteiger partial charge in [-0.1, -0.05) is 12.1 Å². The Morgan fingerprint density at radius 1 is 1.39 bits per heavy atom. The number of nitriles is 1. The number of nitrogens with zero attached hydrogens (tertiary/aromatic N) is 2. The number of carbonyl (C=O) groups is 1. The fourth-order valence-corrected chi connectivity index (χ4v) is 2.68. The first-order chi connectivity index (χ1) is 10.8. The van der Waals surface area contributed by atoms with Crippen LogP contribution in [0.2, 0.25) is 0 Å². The lowest BCUT2D eigenvalue weighted by atomic mass is 10.1. The van der Waals surface area contributed by atoms with Crippen LogP contribution in [-0.2, 0) is 4.74 Å². The largest absolute Gasteiger partial charge is 0.444 e. The number of likely N-dealkylation sites (tertiary alicyclic amines) is 1. The summed E-state index contributed by atoms with van der Waals surface area (Å²) in [6.07, 6.45) is 0.674. The van der Waals surface area contributed by atoms with Gasteiger partial charge in [-0.15, -0.1) is 0 Å². The van der Waals surface area contributed by atoms with Crippen LogP contribution in [0.4, 0.5) is 4.79 Å². The van der Waals surface area contributed by atoms with E-state index < -0.39 is 5.60 Å². The molecule has 1 saturated heterocycles. The molecule has 1 aliphatic rings. The van der Waals surface area contributed by atoms with Crippen LogP contribution in [0.5, 0.6) is 0 Å². The Labute approximate surface area is 138 Å². The Bertz CT molecular complexity index is 584. The van der Waals surface area contributed by atoms with Gasteiger partial charge in [-0.3, -0.25) is 0 Å². The normalized spacial score (nSPS) is 19.3. The minimum atomic E-state index is -0.460. The van der Waals surface area contributed by atoms with Gasteiger partial charge in [-0.25, -0.2) is 4.79 Å². The zero-order chi connectivity index (χ0) is 17.0. The molecule has 1 aliphatic heterocycles. The molecule has 0 bridgehead atoms. The molecule has 0 saturated carbocycles. The van der Waals surface area contributed by atoms with E-state index in [1.807, 2.05) is 45.0 Å². The fraction of sp³-hybridized carbons (Fsp3) is 0.556. The number of hydrogen-bond acceptors (Lipinski definition) is 4. The number of ether oxygens (including phenoxy) is 1. The fourth-order valence-electron chi connectivity index (χ4n) is 2.68. The Kier molecular flexibility index (Phi) is 5.27. The van der Waals surface area contributed by atoms with Gasteiger partial charge in [0.15, 0.2) is 0 Å². The molecule has 0 radical (unpaired) electrons. The summed E-state index contributed by atoms with van der Waals surface area (Å²) in [5, 5.41) is 12.4. The molecule has 0 aliphatic carbocycles. The van der Waals surface area contributed by atoms with Gasteiger partial charge in [-0.2, -0.15) is 5.26 Å². The second-order valence-corrected chi connectivity index (χ2v) is 7.03. The average molecular weight is 315 g/mol. The van der Waals surface area contributed by atoms with Crippen molar-refractivity contribution in [2.24, 2.45) is 0 Å². The van der Waals surface area contributed by atoms with Crippen LogP contribution >= 0.6 is 0 Å². The molecule has 1 N–H and O–H groups in total. The van der Waals surface area contributed by atoms with E-state index in [9.17, 15) is 4.79 Å². The van der Waals surface area contributed by atoms with Gasteiger partial charge in [0.1, 0.15) is 5.60 Å². The molecule has 2 unspecified atom stereocenters. The van der Waals surface area contributed by atoms with Crippen LogP contribution in [0, 0.1) is 11.3 Å². The summed E-state index contributed by atoms with van der Waals surface area (Å²) in [6.45, 7) is 9.11. The molecule has 5 nitrogen and oxygen atoms in total. The lowest BCUT2D eigenvalue weighted by Gasteiger charge is -2.25. The van der Waals surface area contributed by atoms with Gasteiger partial charge in [0.05, 0.1) is 11.6 Å². The Hall–Kier alpha value is -2.06. The highest BCUT2D eigenvalue weighted by Gasteiger charge is 2.30. The maximum absolute atomic E-state index is 12.1. The number of benzene rings is 1. The van der Waals surface area contributed by atoms with E-state index >= 15 is 0 Å².